The second-order valence-corrected chi connectivity index (χ2v) is 6.02. The van der Waals surface area contributed by atoms with Crippen molar-refractivity contribution in [1.29, 1.82) is 0 Å². The van der Waals surface area contributed by atoms with Crippen LogP contribution in [0.3, 0.4) is 0 Å². The molecule has 0 heterocycles. The summed E-state index contributed by atoms with van der Waals surface area (Å²) >= 11 is 0. The van der Waals surface area contributed by atoms with Crippen LogP contribution in [0.2, 0.25) is 0 Å². The molecule has 1 N–H and O–H groups in total. The molecule has 1 saturated carbocycles. The molecule has 112 valence electrons. The standard InChI is InChI=1S/C17H25F2N/c1-20-16(10-13-6-4-2-3-5-7-13)11-14-8-9-15(18)12-17(14)19/h8-9,12-13,16,20H,2-7,10-11H2,1H3. The molecular formula is C17H25F2N. The van der Waals surface area contributed by atoms with Gasteiger partial charge in [-0.15, -0.1) is 0 Å². The first-order chi connectivity index (χ1) is 9.69. The average Bonchev–Trinajstić information content (AvgIpc) is 2.69. The van der Waals surface area contributed by atoms with Crippen LogP contribution in [0.25, 0.3) is 0 Å². The fraction of sp³-hybridized carbons (Fsp3) is 0.647. The van der Waals surface area contributed by atoms with Gasteiger partial charge >= 0.3 is 0 Å². The molecule has 1 aromatic rings. The number of rotatable bonds is 5. The third-order valence-electron chi connectivity index (χ3n) is 4.48. The fourth-order valence-corrected chi connectivity index (χ4v) is 3.26. The quantitative estimate of drug-likeness (QED) is 0.786. The third kappa shape index (κ3) is 4.55. The van der Waals surface area contributed by atoms with E-state index in [1.165, 1.54) is 44.6 Å². The average molecular weight is 281 g/mol. The van der Waals surface area contributed by atoms with Gasteiger partial charge in [-0.05, 0) is 37.4 Å². The number of hydrogen-bond donors (Lipinski definition) is 1. The molecular weight excluding hydrogens is 256 g/mol. The van der Waals surface area contributed by atoms with Crippen LogP contribution in [0.4, 0.5) is 8.78 Å². The number of benzene rings is 1. The van der Waals surface area contributed by atoms with Gasteiger partial charge in [0, 0.05) is 12.1 Å². The van der Waals surface area contributed by atoms with Gasteiger partial charge in [-0.3, -0.25) is 0 Å². The van der Waals surface area contributed by atoms with Crippen molar-refractivity contribution in [1.82, 2.24) is 5.32 Å². The maximum absolute atomic E-state index is 13.7. The Morgan fingerprint density at radius 3 is 2.45 bits per heavy atom. The van der Waals surface area contributed by atoms with Crippen LogP contribution in [0, 0.1) is 17.6 Å². The molecule has 0 amide bonds. The Morgan fingerprint density at radius 2 is 1.85 bits per heavy atom. The van der Waals surface area contributed by atoms with Crippen molar-refractivity contribution < 1.29 is 8.78 Å². The lowest BCUT2D eigenvalue weighted by atomic mass is 9.90. The topological polar surface area (TPSA) is 12.0 Å². The van der Waals surface area contributed by atoms with Crippen molar-refractivity contribution in [3.63, 3.8) is 0 Å². The van der Waals surface area contributed by atoms with E-state index < -0.39 is 11.6 Å². The maximum Gasteiger partial charge on any atom is 0.129 e. The SMILES string of the molecule is CNC(Cc1ccc(F)cc1F)CC1CCCCCC1. The summed E-state index contributed by atoms with van der Waals surface area (Å²) in [5.41, 5.74) is 0.611. The summed E-state index contributed by atoms with van der Waals surface area (Å²) < 4.78 is 26.7. The Hall–Kier alpha value is -0.960. The number of nitrogens with one attached hydrogen (secondary N) is 1. The van der Waals surface area contributed by atoms with E-state index in [4.69, 9.17) is 0 Å². The van der Waals surface area contributed by atoms with E-state index in [0.717, 1.165) is 18.4 Å². The van der Waals surface area contributed by atoms with Gasteiger partial charge in [-0.1, -0.05) is 44.6 Å². The number of hydrogen-bond acceptors (Lipinski definition) is 1. The monoisotopic (exact) mass is 281 g/mol. The van der Waals surface area contributed by atoms with Gasteiger partial charge in [0.2, 0.25) is 0 Å². The molecule has 0 bridgehead atoms. The molecule has 0 aliphatic heterocycles. The van der Waals surface area contributed by atoms with Gasteiger partial charge in [0.05, 0.1) is 0 Å². The molecule has 1 nitrogen and oxygen atoms in total. The van der Waals surface area contributed by atoms with Crippen molar-refractivity contribution in [3.05, 3.63) is 35.4 Å². The van der Waals surface area contributed by atoms with Crippen molar-refractivity contribution in [3.8, 4) is 0 Å². The van der Waals surface area contributed by atoms with Crippen molar-refractivity contribution in [2.24, 2.45) is 5.92 Å². The summed E-state index contributed by atoms with van der Waals surface area (Å²) in [5.74, 6) is -0.180. The minimum Gasteiger partial charge on any atom is -0.317 e. The molecule has 0 spiro atoms. The van der Waals surface area contributed by atoms with Gasteiger partial charge in [-0.2, -0.15) is 0 Å². The van der Waals surface area contributed by atoms with E-state index in [1.807, 2.05) is 7.05 Å². The highest BCUT2D eigenvalue weighted by atomic mass is 19.1. The van der Waals surface area contributed by atoms with E-state index in [0.29, 0.717) is 12.0 Å². The van der Waals surface area contributed by atoms with Crippen LogP contribution in [0.15, 0.2) is 18.2 Å². The van der Waals surface area contributed by atoms with Gasteiger partial charge in [0.25, 0.3) is 0 Å². The lowest BCUT2D eigenvalue weighted by Gasteiger charge is -2.22. The molecule has 20 heavy (non-hydrogen) atoms. The van der Waals surface area contributed by atoms with E-state index in [1.54, 1.807) is 6.07 Å². The number of halogens is 2. The molecule has 1 atom stereocenters. The highest BCUT2D eigenvalue weighted by molar-refractivity contribution is 5.19. The van der Waals surface area contributed by atoms with Gasteiger partial charge in [0.1, 0.15) is 11.6 Å². The Balaban J connectivity index is 1.93. The summed E-state index contributed by atoms with van der Waals surface area (Å²) in [6.07, 6.45) is 9.68. The minimum atomic E-state index is -0.504. The molecule has 1 aliphatic carbocycles. The third-order valence-corrected chi connectivity index (χ3v) is 4.48. The summed E-state index contributed by atoms with van der Waals surface area (Å²) in [7, 11) is 1.93. The van der Waals surface area contributed by atoms with E-state index in [2.05, 4.69) is 5.32 Å². The molecule has 1 unspecified atom stereocenters. The van der Waals surface area contributed by atoms with Crippen LogP contribution in [0.1, 0.15) is 50.5 Å². The lowest BCUT2D eigenvalue weighted by Crippen LogP contribution is -2.30. The Bertz CT molecular complexity index is 411. The lowest BCUT2D eigenvalue weighted by molar-refractivity contribution is 0.359. The van der Waals surface area contributed by atoms with Crippen molar-refractivity contribution in [2.45, 2.75) is 57.4 Å². The van der Waals surface area contributed by atoms with Crippen molar-refractivity contribution >= 4 is 0 Å². The predicted octanol–water partition coefficient (Wildman–Crippen LogP) is 4.46. The van der Waals surface area contributed by atoms with Gasteiger partial charge < -0.3 is 5.32 Å². The van der Waals surface area contributed by atoms with Crippen molar-refractivity contribution in [2.75, 3.05) is 7.05 Å². The largest absolute Gasteiger partial charge is 0.317 e. The Morgan fingerprint density at radius 1 is 1.15 bits per heavy atom. The Kier molecular flexibility index (Phi) is 5.96. The normalized spacial score (nSPS) is 18.8. The first kappa shape index (κ1) is 15.4. The summed E-state index contributed by atoms with van der Waals surface area (Å²) in [5, 5.41) is 3.30. The summed E-state index contributed by atoms with van der Waals surface area (Å²) in [4.78, 5) is 0. The van der Waals surface area contributed by atoms with Crippen LogP contribution in [0.5, 0.6) is 0 Å². The first-order valence-corrected chi connectivity index (χ1v) is 7.80. The summed E-state index contributed by atoms with van der Waals surface area (Å²) in [6.45, 7) is 0. The zero-order chi connectivity index (χ0) is 14.4. The molecule has 0 saturated heterocycles. The molecule has 0 radical (unpaired) electrons. The van der Waals surface area contributed by atoms with Crippen LogP contribution >= 0.6 is 0 Å². The van der Waals surface area contributed by atoms with E-state index >= 15 is 0 Å². The van der Waals surface area contributed by atoms with Crippen LogP contribution < -0.4 is 5.32 Å². The smallest absolute Gasteiger partial charge is 0.129 e. The van der Waals surface area contributed by atoms with E-state index in [-0.39, 0.29) is 6.04 Å². The molecule has 0 aromatic heterocycles. The zero-order valence-electron chi connectivity index (χ0n) is 12.3. The molecule has 1 aromatic carbocycles. The highest BCUT2D eigenvalue weighted by Gasteiger charge is 2.18. The Labute approximate surface area is 120 Å². The second-order valence-electron chi connectivity index (χ2n) is 6.02. The second kappa shape index (κ2) is 7.72. The number of likely N-dealkylation sites (N-methyl/N-ethyl adjacent to an activating group) is 1. The van der Waals surface area contributed by atoms with E-state index in [9.17, 15) is 8.78 Å². The molecule has 2 rings (SSSR count). The molecule has 1 fully saturated rings. The first-order valence-electron chi connectivity index (χ1n) is 7.80. The molecule has 1 aliphatic rings. The van der Waals surface area contributed by atoms with Gasteiger partial charge in [-0.25, -0.2) is 8.78 Å². The maximum atomic E-state index is 13.7. The van der Waals surface area contributed by atoms with Gasteiger partial charge in [0.15, 0.2) is 0 Å². The predicted molar refractivity (Wildman–Crippen MR) is 78.7 cm³/mol. The minimum absolute atomic E-state index is 0.276. The summed E-state index contributed by atoms with van der Waals surface area (Å²) in [6, 6.07) is 4.17. The highest BCUT2D eigenvalue weighted by Crippen LogP contribution is 2.27. The fourth-order valence-electron chi connectivity index (χ4n) is 3.26. The molecule has 3 heteroatoms. The van der Waals surface area contributed by atoms with Crippen LogP contribution in [-0.2, 0) is 6.42 Å². The van der Waals surface area contributed by atoms with Crippen LogP contribution in [-0.4, -0.2) is 13.1 Å². The zero-order valence-corrected chi connectivity index (χ0v) is 12.3.